The summed E-state index contributed by atoms with van der Waals surface area (Å²) in [5.74, 6) is -2.27. The second-order valence-corrected chi connectivity index (χ2v) is 4.77. The molecule has 2 rings (SSSR count). The molecule has 96 valence electrons. The van der Waals surface area contributed by atoms with E-state index in [0.717, 1.165) is 31.3 Å². The van der Waals surface area contributed by atoms with Crippen molar-refractivity contribution in [3.05, 3.63) is 46.5 Å². The zero-order chi connectivity index (χ0) is 13.1. The lowest BCUT2D eigenvalue weighted by Gasteiger charge is -2.12. The SMILES string of the molecule is Cc1ccc(C(=O)CC2=CCCCC2)c(F)c1F. The Morgan fingerprint density at radius 3 is 2.67 bits per heavy atom. The van der Waals surface area contributed by atoms with E-state index in [2.05, 4.69) is 0 Å². The molecule has 0 heterocycles. The fourth-order valence-corrected chi connectivity index (χ4v) is 2.23. The van der Waals surface area contributed by atoms with E-state index in [1.807, 2.05) is 6.08 Å². The number of ketones is 1. The highest BCUT2D eigenvalue weighted by atomic mass is 19.2. The van der Waals surface area contributed by atoms with Gasteiger partial charge < -0.3 is 0 Å². The van der Waals surface area contributed by atoms with Crippen LogP contribution in [0.15, 0.2) is 23.8 Å². The van der Waals surface area contributed by atoms with Gasteiger partial charge in [0, 0.05) is 6.42 Å². The Labute approximate surface area is 106 Å². The number of halogens is 2. The summed E-state index contributed by atoms with van der Waals surface area (Å²) in [7, 11) is 0. The van der Waals surface area contributed by atoms with Gasteiger partial charge in [-0.05, 0) is 44.2 Å². The fraction of sp³-hybridized carbons (Fsp3) is 0.400. The fourth-order valence-electron chi connectivity index (χ4n) is 2.23. The van der Waals surface area contributed by atoms with Crippen LogP contribution in [0.2, 0.25) is 0 Å². The van der Waals surface area contributed by atoms with Crippen LogP contribution in [0.3, 0.4) is 0 Å². The van der Waals surface area contributed by atoms with Gasteiger partial charge in [0.25, 0.3) is 0 Å². The van der Waals surface area contributed by atoms with Crippen LogP contribution in [-0.4, -0.2) is 5.78 Å². The smallest absolute Gasteiger partial charge is 0.169 e. The first-order valence-electron chi connectivity index (χ1n) is 6.25. The van der Waals surface area contributed by atoms with Gasteiger partial charge in [0.1, 0.15) is 0 Å². The molecule has 0 unspecified atom stereocenters. The Bertz CT molecular complexity index is 503. The number of rotatable bonds is 3. The number of hydrogen-bond acceptors (Lipinski definition) is 1. The molecule has 1 aromatic rings. The van der Waals surface area contributed by atoms with Crippen LogP contribution >= 0.6 is 0 Å². The second kappa shape index (κ2) is 5.42. The van der Waals surface area contributed by atoms with Gasteiger partial charge in [-0.25, -0.2) is 8.78 Å². The lowest BCUT2D eigenvalue weighted by atomic mass is 9.93. The first-order valence-corrected chi connectivity index (χ1v) is 6.25. The van der Waals surface area contributed by atoms with E-state index in [4.69, 9.17) is 0 Å². The number of allylic oxidation sites excluding steroid dienone is 2. The van der Waals surface area contributed by atoms with E-state index < -0.39 is 11.6 Å². The van der Waals surface area contributed by atoms with Gasteiger partial charge in [-0.1, -0.05) is 17.7 Å². The lowest BCUT2D eigenvalue weighted by Crippen LogP contribution is -2.07. The third-order valence-corrected chi connectivity index (χ3v) is 3.35. The Kier molecular flexibility index (Phi) is 3.90. The van der Waals surface area contributed by atoms with Crippen LogP contribution in [0.4, 0.5) is 8.78 Å². The average Bonchev–Trinajstić information content (AvgIpc) is 2.37. The maximum atomic E-state index is 13.7. The van der Waals surface area contributed by atoms with Crippen molar-refractivity contribution in [2.75, 3.05) is 0 Å². The summed E-state index contributed by atoms with van der Waals surface area (Å²) in [6, 6.07) is 2.82. The summed E-state index contributed by atoms with van der Waals surface area (Å²) in [4.78, 5) is 11.9. The zero-order valence-electron chi connectivity index (χ0n) is 10.4. The van der Waals surface area contributed by atoms with Gasteiger partial charge in [-0.3, -0.25) is 4.79 Å². The second-order valence-electron chi connectivity index (χ2n) is 4.77. The molecule has 0 aliphatic heterocycles. The maximum absolute atomic E-state index is 13.7. The summed E-state index contributed by atoms with van der Waals surface area (Å²) in [6.45, 7) is 1.48. The Morgan fingerprint density at radius 1 is 1.22 bits per heavy atom. The average molecular weight is 250 g/mol. The summed E-state index contributed by atoms with van der Waals surface area (Å²) >= 11 is 0. The molecule has 3 heteroatoms. The molecule has 0 radical (unpaired) electrons. The first-order chi connectivity index (χ1) is 8.59. The van der Waals surface area contributed by atoms with Crippen molar-refractivity contribution in [3.8, 4) is 0 Å². The molecule has 1 aliphatic rings. The van der Waals surface area contributed by atoms with Crippen molar-refractivity contribution in [1.82, 2.24) is 0 Å². The number of Topliss-reactive ketones (excluding diaryl/α,β-unsaturated/α-hetero) is 1. The minimum atomic E-state index is -1.02. The normalized spacial score (nSPS) is 15.4. The molecule has 0 spiro atoms. The summed E-state index contributed by atoms with van der Waals surface area (Å²) in [5, 5.41) is 0. The number of carbonyl (C=O) groups excluding carboxylic acids is 1. The monoisotopic (exact) mass is 250 g/mol. The molecule has 0 fully saturated rings. The van der Waals surface area contributed by atoms with E-state index in [1.54, 1.807) is 0 Å². The van der Waals surface area contributed by atoms with Gasteiger partial charge in [-0.2, -0.15) is 0 Å². The number of benzene rings is 1. The Hall–Kier alpha value is -1.51. The highest BCUT2D eigenvalue weighted by Crippen LogP contribution is 2.23. The highest BCUT2D eigenvalue weighted by molar-refractivity contribution is 5.97. The number of hydrogen-bond donors (Lipinski definition) is 0. The maximum Gasteiger partial charge on any atom is 0.169 e. The molecule has 0 aromatic heterocycles. The molecule has 1 aromatic carbocycles. The predicted molar refractivity (Wildman–Crippen MR) is 66.6 cm³/mol. The molecule has 18 heavy (non-hydrogen) atoms. The number of aryl methyl sites for hydroxylation is 1. The summed E-state index contributed by atoms with van der Waals surface area (Å²) in [6.07, 6.45) is 6.34. The summed E-state index contributed by atoms with van der Waals surface area (Å²) < 4.78 is 27.0. The van der Waals surface area contributed by atoms with Crippen molar-refractivity contribution in [3.63, 3.8) is 0 Å². The van der Waals surface area contributed by atoms with Gasteiger partial charge in [-0.15, -0.1) is 0 Å². The molecule has 0 atom stereocenters. The topological polar surface area (TPSA) is 17.1 Å². The van der Waals surface area contributed by atoms with Crippen LogP contribution < -0.4 is 0 Å². The Morgan fingerprint density at radius 2 is 2.00 bits per heavy atom. The van der Waals surface area contributed by atoms with E-state index in [0.29, 0.717) is 0 Å². The quantitative estimate of drug-likeness (QED) is 0.576. The van der Waals surface area contributed by atoms with Gasteiger partial charge >= 0.3 is 0 Å². The standard InChI is InChI=1S/C15H16F2O/c1-10-7-8-12(15(17)14(10)16)13(18)9-11-5-3-2-4-6-11/h5,7-8H,2-4,6,9H2,1H3. The zero-order valence-corrected chi connectivity index (χ0v) is 10.4. The minimum Gasteiger partial charge on any atom is -0.294 e. The molecular formula is C15H16F2O. The van der Waals surface area contributed by atoms with Crippen molar-refractivity contribution in [2.45, 2.75) is 39.0 Å². The van der Waals surface area contributed by atoms with Crippen LogP contribution in [0, 0.1) is 18.6 Å². The van der Waals surface area contributed by atoms with E-state index >= 15 is 0 Å². The van der Waals surface area contributed by atoms with E-state index in [-0.39, 0.29) is 23.3 Å². The van der Waals surface area contributed by atoms with E-state index in [9.17, 15) is 13.6 Å². The summed E-state index contributed by atoms with van der Waals surface area (Å²) in [5.41, 5.74) is 1.14. The molecule has 0 saturated heterocycles. The molecule has 0 amide bonds. The Balaban J connectivity index is 2.19. The van der Waals surface area contributed by atoms with Gasteiger partial charge in [0.05, 0.1) is 5.56 Å². The first kappa shape index (κ1) is 12.9. The third-order valence-electron chi connectivity index (χ3n) is 3.35. The van der Waals surface area contributed by atoms with Crippen molar-refractivity contribution in [2.24, 2.45) is 0 Å². The molecule has 0 saturated carbocycles. The predicted octanol–water partition coefficient (Wildman–Crippen LogP) is 4.35. The molecule has 1 nitrogen and oxygen atoms in total. The van der Waals surface area contributed by atoms with E-state index in [1.165, 1.54) is 19.1 Å². The highest BCUT2D eigenvalue weighted by Gasteiger charge is 2.18. The van der Waals surface area contributed by atoms with Crippen LogP contribution in [0.5, 0.6) is 0 Å². The molecule has 1 aliphatic carbocycles. The van der Waals surface area contributed by atoms with Crippen LogP contribution in [0.1, 0.15) is 48.0 Å². The van der Waals surface area contributed by atoms with Crippen molar-refractivity contribution in [1.29, 1.82) is 0 Å². The number of carbonyl (C=O) groups is 1. The largest absolute Gasteiger partial charge is 0.294 e. The van der Waals surface area contributed by atoms with Crippen molar-refractivity contribution >= 4 is 5.78 Å². The third kappa shape index (κ3) is 2.66. The lowest BCUT2D eigenvalue weighted by molar-refractivity contribution is 0.0986. The minimum absolute atomic E-state index is 0.135. The van der Waals surface area contributed by atoms with Gasteiger partial charge in [0.15, 0.2) is 17.4 Å². The molecule has 0 bridgehead atoms. The van der Waals surface area contributed by atoms with Crippen molar-refractivity contribution < 1.29 is 13.6 Å². The molecular weight excluding hydrogens is 234 g/mol. The van der Waals surface area contributed by atoms with Crippen LogP contribution in [-0.2, 0) is 0 Å². The van der Waals surface area contributed by atoms with Crippen LogP contribution in [0.25, 0.3) is 0 Å². The molecule has 0 N–H and O–H groups in total. The van der Waals surface area contributed by atoms with Gasteiger partial charge in [0.2, 0.25) is 0 Å².